The van der Waals surface area contributed by atoms with Crippen molar-refractivity contribution in [3.05, 3.63) is 23.9 Å². The Kier molecular flexibility index (Phi) is 6.85. The van der Waals surface area contributed by atoms with Crippen molar-refractivity contribution in [2.75, 3.05) is 25.0 Å². The van der Waals surface area contributed by atoms with Crippen LogP contribution in [0.3, 0.4) is 0 Å². The molecule has 1 aromatic rings. The highest BCUT2D eigenvalue weighted by Crippen LogP contribution is 2.11. The summed E-state index contributed by atoms with van der Waals surface area (Å²) in [6, 6.07) is 4.25. The van der Waals surface area contributed by atoms with E-state index in [1.54, 1.807) is 0 Å². The van der Waals surface area contributed by atoms with E-state index in [1.165, 1.54) is 5.56 Å². The van der Waals surface area contributed by atoms with Gasteiger partial charge in [-0.25, -0.2) is 4.98 Å². The summed E-state index contributed by atoms with van der Waals surface area (Å²) >= 11 is 0. The average Bonchev–Trinajstić information content (AvgIpc) is 2.30. The Balaban J connectivity index is 2.61. The van der Waals surface area contributed by atoms with E-state index in [0.29, 0.717) is 11.8 Å². The fourth-order valence-corrected chi connectivity index (χ4v) is 2.30. The molecule has 0 amide bonds. The zero-order valence-corrected chi connectivity index (χ0v) is 13.1. The maximum Gasteiger partial charge on any atom is 0.125 e. The molecule has 3 heteroatoms. The van der Waals surface area contributed by atoms with Crippen LogP contribution in [0.1, 0.15) is 40.2 Å². The van der Waals surface area contributed by atoms with Gasteiger partial charge in [-0.2, -0.15) is 0 Å². The highest BCUT2D eigenvalue weighted by molar-refractivity contribution is 5.35. The molecule has 0 aromatic carbocycles. The van der Waals surface area contributed by atoms with Crippen molar-refractivity contribution in [2.45, 2.75) is 41.2 Å². The van der Waals surface area contributed by atoms with Crippen molar-refractivity contribution in [1.29, 1.82) is 0 Å². The topological polar surface area (TPSA) is 28.2 Å². The minimum absolute atomic E-state index is 0.702. The van der Waals surface area contributed by atoms with Crippen molar-refractivity contribution in [3.8, 4) is 0 Å². The van der Waals surface area contributed by atoms with Crippen LogP contribution < -0.4 is 5.32 Å². The van der Waals surface area contributed by atoms with Crippen LogP contribution in [0.5, 0.6) is 0 Å². The third-order valence-corrected chi connectivity index (χ3v) is 2.84. The first kappa shape index (κ1) is 16.0. The Labute approximate surface area is 118 Å². The lowest BCUT2D eigenvalue weighted by molar-refractivity contribution is 0.211. The van der Waals surface area contributed by atoms with Gasteiger partial charge in [0.05, 0.1) is 0 Å². The van der Waals surface area contributed by atoms with Crippen LogP contribution in [-0.2, 0) is 6.54 Å². The van der Waals surface area contributed by atoms with Crippen LogP contribution in [0.25, 0.3) is 0 Å². The van der Waals surface area contributed by atoms with Gasteiger partial charge in [-0.05, 0) is 30.4 Å². The second kappa shape index (κ2) is 8.16. The first-order valence-corrected chi connectivity index (χ1v) is 7.42. The van der Waals surface area contributed by atoms with E-state index in [0.717, 1.165) is 32.0 Å². The molecule has 0 radical (unpaired) electrons. The van der Waals surface area contributed by atoms with E-state index in [9.17, 15) is 0 Å². The normalized spacial score (nSPS) is 11.6. The summed E-state index contributed by atoms with van der Waals surface area (Å²) in [4.78, 5) is 6.97. The molecule has 3 nitrogen and oxygen atoms in total. The number of nitrogens with one attached hydrogen (secondary N) is 1. The molecule has 0 aliphatic carbocycles. The Morgan fingerprint density at radius 3 is 2.16 bits per heavy atom. The molecule has 0 saturated heterocycles. The summed E-state index contributed by atoms with van der Waals surface area (Å²) < 4.78 is 0. The van der Waals surface area contributed by atoms with E-state index in [1.807, 2.05) is 6.20 Å². The zero-order chi connectivity index (χ0) is 14.3. The SMILES string of the molecule is CCNc1ccc(CN(CC(C)C)CC(C)C)cn1. The second-order valence-corrected chi connectivity index (χ2v) is 6.06. The molecule has 0 aliphatic rings. The van der Waals surface area contributed by atoms with Gasteiger partial charge in [-0.15, -0.1) is 0 Å². The van der Waals surface area contributed by atoms with Gasteiger partial charge in [-0.1, -0.05) is 33.8 Å². The average molecular weight is 263 g/mol. The van der Waals surface area contributed by atoms with Crippen LogP contribution in [0.15, 0.2) is 18.3 Å². The van der Waals surface area contributed by atoms with Gasteiger partial charge in [-0.3, -0.25) is 4.90 Å². The highest BCUT2D eigenvalue weighted by atomic mass is 15.1. The van der Waals surface area contributed by atoms with E-state index in [-0.39, 0.29) is 0 Å². The standard InChI is InChI=1S/C16H29N3/c1-6-17-16-8-7-15(9-18-16)12-19(10-13(2)3)11-14(4)5/h7-9,13-14H,6,10-12H2,1-5H3,(H,17,18). The fraction of sp³-hybridized carbons (Fsp3) is 0.688. The summed E-state index contributed by atoms with van der Waals surface area (Å²) in [5.41, 5.74) is 1.29. The molecule has 0 spiro atoms. The summed E-state index contributed by atoms with van der Waals surface area (Å²) in [6.45, 7) is 15.4. The monoisotopic (exact) mass is 263 g/mol. The molecule has 0 aliphatic heterocycles. The Hall–Kier alpha value is -1.09. The molecule has 0 bridgehead atoms. The van der Waals surface area contributed by atoms with Gasteiger partial charge < -0.3 is 5.32 Å². The lowest BCUT2D eigenvalue weighted by Gasteiger charge is -2.26. The summed E-state index contributed by atoms with van der Waals surface area (Å²) in [5, 5.41) is 3.23. The molecule has 108 valence electrons. The molecule has 19 heavy (non-hydrogen) atoms. The largest absolute Gasteiger partial charge is 0.370 e. The number of rotatable bonds is 8. The first-order chi connectivity index (χ1) is 9.01. The molecule has 0 unspecified atom stereocenters. The van der Waals surface area contributed by atoms with Crippen molar-refractivity contribution in [1.82, 2.24) is 9.88 Å². The number of hydrogen-bond donors (Lipinski definition) is 1. The number of nitrogens with zero attached hydrogens (tertiary/aromatic N) is 2. The van der Waals surface area contributed by atoms with Gasteiger partial charge in [0.15, 0.2) is 0 Å². The third kappa shape index (κ3) is 6.58. The fourth-order valence-electron chi connectivity index (χ4n) is 2.30. The van der Waals surface area contributed by atoms with Gasteiger partial charge >= 0.3 is 0 Å². The molecular formula is C16H29N3. The van der Waals surface area contributed by atoms with Gasteiger partial charge in [0.2, 0.25) is 0 Å². The van der Waals surface area contributed by atoms with Crippen LogP contribution in [0.4, 0.5) is 5.82 Å². The molecule has 0 atom stereocenters. The van der Waals surface area contributed by atoms with E-state index in [2.05, 4.69) is 62.0 Å². The number of hydrogen-bond acceptors (Lipinski definition) is 3. The van der Waals surface area contributed by atoms with Gasteiger partial charge in [0.25, 0.3) is 0 Å². The molecule has 0 saturated carbocycles. The minimum Gasteiger partial charge on any atom is -0.370 e. The quantitative estimate of drug-likeness (QED) is 0.776. The van der Waals surface area contributed by atoms with Crippen molar-refractivity contribution in [3.63, 3.8) is 0 Å². The first-order valence-electron chi connectivity index (χ1n) is 7.42. The van der Waals surface area contributed by atoms with Crippen molar-refractivity contribution < 1.29 is 0 Å². The molecule has 1 N–H and O–H groups in total. The maximum absolute atomic E-state index is 4.44. The van der Waals surface area contributed by atoms with Crippen LogP contribution in [-0.4, -0.2) is 29.5 Å². The summed E-state index contributed by atoms with van der Waals surface area (Å²) in [5.74, 6) is 2.37. The minimum atomic E-state index is 0.702. The molecular weight excluding hydrogens is 234 g/mol. The lowest BCUT2D eigenvalue weighted by Crippen LogP contribution is -2.30. The molecule has 1 aromatic heterocycles. The van der Waals surface area contributed by atoms with Gasteiger partial charge in [0, 0.05) is 32.4 Å². The lowest BCUT2D eigenvalue weighted by atomic mass is 10.1. The predicted octanol–water partition coefficient (Wildman–Crippen LogP) is 3.63. The van der Waals surface area contributed by atoms with Crippen LogP contribution >= 0.6 is 0 Å². The van der Waals surface area contributed by atoms with Gasteiger partial charge in [0.1, 0.15) is 5.82 Å². The third-order valence-electron chi connectivity index (χ3n) is 2.84. The number of pyridine rings is 1. The van der Waals surface area contributed by atoms with E-state index >= 15 is 0 Å². The Bertz CT molecular complexity index is 334. The van der Waals surface area contributed by atoms with Crippen molar-refractivity contribution >= 4 is 5.82 Å². The Morgan fingerprint density at radius 1 is 1.11 bits per heavy atom. The summed E-state index contributed by atoms with van der Waals surface area (Å²) in [7, 11) is 0. The molecule has 1 heterocycles. The summed E-state index contributed by atoms with van der Waals surface area (Å²) in [6.07, 6.45) is 1.99. The Morgan fingerprint density at radius 2 is 1.74 bits per heavy atom. The number of anilines is 1. The van der Waals surface area contributed by atoms with Crippen LogP contribution in [0, 0.1) is 11.8 Å². The maximum atomic E-state index is 4.44. The van der Waals surface area contributed by atoms with E-state index < -0.39 is 0 Å². The van der Waals surface area contributed by atoms with E-state index in [4.69, 9.17) is 0 Å². The smallest absolute Gasteiger partial charge is 0.125 e. The second-order valence-electron chi connectivity index (χ2n) is 6.06. The van der Waals surface area contributed by atoms with Crippen LogP contribution in [0.2, 0.25) is 0 Å². The zero-order valence-electron chi connectivity index (χ0n) is 13.1. The molecule has 1 rings (SSSR count). The number of aromatic nitrogens is 1. The highest BCUT2D eigenvalue weighted by Gasteiger charge is 2.10. The van der Waals surface area contributed by atoms with Crippen molar-refractivity contribution in [2.24, 2.45) is 11.8 Å². The molecule has 0 fully saturated rings. The predicted molar refractivity (Wildman–Crippen MR) is 83.4 cm³/mol.